The Balaban J connectivity index is 2.25. The lowest BCUT2D eigenvalue weighted by atomic mass is 10.1. The molecule has 0 fully saturated rings. The third-order valence-electron chi connectivity index (χ3n) is 3.14. The van der Waals surface area contributed by atoms with Crippen LogP contribution in [0.15, 0.2) is 36.4 Å². The highest BCUT2D eigenvalue weighted by molar-refractivity contribution is 5.71. The molecule has 0 saturated heterocycles. The summed E-state index contributed by atoms with van der Waals surface area (Å²) in [5.41, 5.74) is 3.27. The SMILES string of the molecule is CCCOc1cccc(-c2ccc(CC(=O)O)c(C)n2)c1. The Bertz CT molecular complexity index is 638. The van der Waals surface area contributed by atoms with Crippen molar-refractivity contribution in [1.82, 2.24) is 4.98 Å². The van der Waals surface area contributed by atoms with Gasteiger partial charge in [0.25, 0.3) is 0 Å². The van der Waals surface area contributed by atoms with Crippen molar-refractivity contribution in [3.05, 3.63) is 47.7 Å². The summed E-state index contributed by atoms with van der Waals surface area (Å²) in [6, 6.07) is 11.5. The Kier molecular flexibility index (Phi) is 4.93. The van der Waals surface area contributed by atoms with Crippen LogP contribution in [-0.4, -0.2) is 22.7 Å². The molecule has 0 spiro atoms. The molecule has 0 aliphatic heterocycles. The molecule has 0 bridgehead atoms. The van der Waals surface area contributed by atoms with E-state index in [-0.39, 0.29) is 6.42 Å². The molecule has 1 aromatic heterocycles. The van der Waals surface area contributed by atoms with Crippen molar-refractivity contribution in [2.24, 2.45) is 0 Å². The van der Waals surface area contributed by atoms with E-state index in [0.717, 1.165) is 34.7 Å². The first kappa shape index (κ1) is 15.0. The van der Waals surface area contributed by atoms with Crippen LogP contribution in [0.2, 0.25) is 0 Å². The van der Waals surface area contributed by atoms with Crippen LogP contribution in [0.1, 0.15) is 24.6 Å². The summed E-state index contributed by atoms with van der Waals surface area (Å²) in [4.78, 5) is 15.3. The topological polar surface area (TPSA) is 59.4 Å². The maximum Gasteiger partial charge on any atom is 0.307 e. The van der Waals surface area contributed by atoms with Crippen molar-refractivity contribution in [3.8, 4) is 17.0 Å². The molecule has 2 aromatic rings. The van der Waals surface area contributed by atoms with Gasteiger partial charge in [-0.05, 0) is 37.1 Å². The molecule has 1 heterocycles. The number of hydrogen-bond donors (Lipinski definition) is 1. The van der Waals surface area contributed by atoms with Gasteiger partial charge in [-0.3, -0.25) is 9.78 Å². The van der Waals surface area contributed by atoms with Crippen LogP contribution in [0.4, 0.5) is 0 Å². The van der Waals surface area contributed by atoms with Crippen molar-refractivity contribution < 1.29 is 14.6 Å². The number of aromatic nitrogens is 1. The largest absolute Gasteiger partial charge is 0.494 e. The lowest BCUT2D eigenvalue weighted by Crippen LogP contribution is -2.03. The van der Waals surface area contributed by atoms with Gasteiger partial charge in [0.15, 0.2) is 0 Å². The number of aliphatic carboxylic acids is 1. The van der Waals surface area contributed by atoms with Gasteiger partial charge < -0.3 is 9.84 Å². The molecule has 0 atom stereocenters. The lowest BCUT2D eigenvalue weighted by molar-refractivity contribution is -0.136. The predicted octanol–water partition coefficient (Wildman–Crippen LogP) is 3.47. The van der Waals surface area contributed by atoms with E-state index in [0.29, 0.717) is 6.61 Å². The zero-order valence-corrected chi connectivity index (χ0v) is 12.3. The summed E-state index contributed by atoms with van der Waals surface area (Å²) in [7, 11) is 0. The van der Waals surface area contributed by atoms with Gasteiger partial charge in [-0.1, -0.05) is 25.1 Å². The number of nitrogens with zero attached hydrogens (tertiary/aromatic N) is 1. The molecule has 4 heteroatoms. The molecule has 1 N–H and O–H groups in total. The Labute approximate surface area is 124 Å². The molecule has 0 unspecified atom stereocenters. The molecule has 110 valence electrons. The fourth-order valence-corrected chi connectivity index (χ4v) is 2.07. The smallest absolute Gasteiger partial charge is 0.307 e. The highest BCUT2D eigenvalue weighted by atomic mass is 16.5. The minimum atomic E-state index is -0.845. The second-order valence-electron chi connectivity index (χ2n) is 4.89. The third kappa shape index (κ3) is 4.05. The molecule has 0 aliphatic carbocycles. The van der Waals surface area contributed by atoms with E-state index in [2.05, 4.69) is 11.9 Å². The van der Waals surface area contributed by atoms with Gasteiger partial charge in [-0.15, -0.1) is 0 Å². The van der Waals surface area contributed by atoms with Gasteiger partial charge in [-0.25, -0.2) is 0 Å². The zero-order chi connectivity index (χ0) is 15.2. The first-order chi connectivity index (χ1) is 10.1. The standard InChI is InChI=1S/C17H19NO3/c1-3-9-21-15-6-4-5-14(10-15)16-8-7-13(11-17(19)20)12(2)18-16/h4-8,10H,3,9,11H2,1-2H3,(H,19,20). The van der Waals surface area contributed by atoms with E-state index in [1.165, 1.54) is 0 Å². The maximum atomic E-state index is 10.8. The molecule has 21 heavy (non-hydrogen) atoms. The number of hydrogen-bond acceptors (Lipinski definition) is 3. The quantitative estimate of drug-likeness (QED) is 0.882. The van der Waals surface area contributed by atoms with Gasteiger partial charge >= 0.3 is 5.97 Å². The minimum Gasteiger partial charge on any atom is -0.494 e. The number of carboxylic acid groups (broad SMARTS) is 1. The van der Waals surface area contributed by atoms with Gasteiger partial charge in [-0.2, -0.15) is 0 Å². The third-order valence-corrected chi connectivity index (χ3v) is 3.14. The molecular weight excluding hydrogens is 266 g/mol. The summed E-state index contributed by atoms with van der Waals surface area (Å²) in [6.07, 6.45) is 0.963. The Morgan fingerprint density at radius 3 is 2.76 bits per heavy atom. The summed E-state index contributed by atoms with van der Waals surface area (Å²) in [6.45, 7) is 4.59. The second kappa shape index (κ2) is 6.88. The number of aryl methyl sites for hydroxylation is 1. The number of ether oxygens (including phenoxy) is 1. The van der Waals surface area contributed by atoms with Gasteiger partial charge in [0.1, 0.15) is 5.75 Å². The number of carbonyl (C=O) groups is 1. The molecule has 4 nitrogen and oxygen atoms in total. The highest BCUT2D eigenvalue weighted by Gasteiger charge is 2.08. The number of pyridine rings is 1. The maximum absolute atomic E-state index is 10.8. The average molecular weight is 285 g/mol. The molecular formula is C17H19NO3. The van der Waals surface area contributed by atoms with Crippen LogP contribution >= 0.6 is 0 Å². The second-order valence-corrected chi connectivity index (χ2v) is 4.89. The zero-order valence-electron chi connectivity index (χ0n) is 12.3. The molecule has 0 saturated carbocycles. The molecule has 0 amide bonds. The predicted molar refractivity (Wildman–Crippen MR) is 81.5 cm³/mol. The van der Waals surface area contributed by atoms with E-state index >= 15 is 0 Å². The molecule has 2 rings (SSSR count). The summed E-state index contributed by atoms with van der Waals surface area (Å²) in [5.74, 6) is -0.0222. The number of rotatable bonds is 6. The fraction of sp³-hybridized carbons (Fsp3) is 0.294. The van der Waals surface area contributed by atoms with Crippen molar-refractivity contribution in [1.29, 1.82) is 0 Å². The van der Waals surface area contributed by atoms with Crippen molar-refractivity contribution in [2.75, 3.05) is 6.61 Å². The van der Waals surface area contributed by atoms with Crippen molar-refractivity contribution in [3.63, 3.8) is 0 Å². The van der Waals surface area contributed by atoms with Gasteiger partial charge in [0, 0.05) is 11.3 Å². The first-order valence-electron chi connectivity index (χ1n) is 7.01. The van der Waals surface area contributed by atoms with E-state index in [1.807, 2.05) is 43.3 Å². The van der Waals surface area contributed by atoms with Gasteiger partial charge in [0.2, 0.25) is 0 Å². The lowest BCUT2D eigenvalue weighted by Gasteiger charge is -2.09. The van der Waals surface area contributed by atoms with Crippen LogP contribution in [0, 0.1) is 6.92 Å². The van der Waals surface area contributed by atoms with Crippen molar-refractivity contribution in [2.45, 2.75) is 26.7 Å². The van der Waals surface area contributed by atoms with Crippen LogP contribution < -0.4 is 4.74 Å². The van der Waals surface area contributed by atoms with E-state index in [4.69, 9.17) is 9.84 Å². The number of carboxylic acids is 1. The fourth-order valence-electron chi connectivity index (χ4n) is 2.07. The Morgan fingerprint density at radius 2 is 2.10 bits per heavy atom. The Hall–Kier alpha value is -2.36. The van der Waals surface area contributed by atoms with Crippen LogP contribution in [0.5, 0.6) is 5.75 Å². The monoisotopic (exact) mass is 285 g/mol. The van der Waals surface area contributed by atoms with E-state index in [1.54, 1.807) is 0 Å². The van der Waals surface area contributed by atoms with Crippen LogP contribution in [0.3, 0.4) is 0 Å². The normalized spacial score (nSPS) is 10.4. The first-order valence-corrected chi connectivity index (χ1v) is 7.01. The minimum absolute atomic E-state index is 0.00123. The van der Waals surface area contributed by atoms with E-state index < -0.39 is 5.97 Å². The van der Waals surface area contributed by atoms with Crippen molar-refractivity contribution >= 4 is 5.97 Å². The molecule has 0 radical (unpaired) electrons. The molecule has 0 aliphatic rings. The summed E-state index contributed by atoms with van der Waals surface area (Å²) in [5, 5.41) is 8.85. The van der Waals surface area contributed by atoms with Crippen LogP contribution in [-0.2, 0) is 11.2 Å². The summed E-state index contributed by atoms with van der Waals surface area (Å²) < 4.78 is 5.62. The van der Waals surface area contributed by atoms with Gasteiger partial charge in [0.05, 0.1) is 18.7 Å². The van der Waals surface area contributed by atoms with E-state index in [9.17, 15) is 4.79 Å². The average Bonchev–Trinajstić information content (AvgIpc) is 2.47. The highest BCUT2D eigenvalue weighted by Crippen LogP contribution is 2.23. The number of benzene rings is 1. The summed E-state index contributed by atoms with van der Waals surface area (Å²) >= 11 is 0. The van der Waals surface area contributed by atoms with Crippen LogP contribution in [0.25, 0.3) is 11.3 Å². The Morgan fingerprint density at radius 1 is 1.29 bits per heavy atom. The molecule has 1 aromatic carbocycles.